The molecule has 2 aromatic carbocycles. The molecule has 2 atom stereocenters. The minimum absolute atomic E-state index is 0.427. The number of halogens is 1. The van der Waals surface area contributed by atoms with Crippen molar-refractivity contribution in [1.82, 2.24) is 0 Å². The zero-order valence-corrected chi connectivity index (χ0v) is 16.9. The van der Waals surface area contributed by atoms with Crippen molar-refractivity contribution >= 4 is 24.5 Å². The van der Waals surface area contributed by atoms with E-state index >= 15 is 0 Å². The summed E-state index contributed by atoms with van der Waals surface area (Å²) >= 11 is -3.23. The van der Waals surface area contributed by atoms with Crippen LogP contribution in [-0.2, 0) is 18.3 Å². The normalized spacial score (nSPS) is 23.9. The monoisotopic (exact) mass is 473 g/mol. The van der Waals surface area contributed by atoms with Crippen LogP contribution in [0.15, 0.2) is 60.7 Å². The van der Waals surface area contributed by atoms with Crippen LogP contribution in [0.3, 0.4) is 0 Å². The van der Waals surface area contributed by atoms with Gasteiger partial charge in [-0.2, -0.15) is 0 Å². The molecule has 22 heavy (non-hydrogen) atoms. The number of benzene rings is 2. The van der Waals surface area contributed by atoms with Gasteiger partial charge >= 0.3 is 140 Å². The number of hydrogen-bond donors (Lipinski definition) is 0. The zero-order valence-electron chi connectivity index (χ0n) is 12.5. The molecule has 0 heterocycles. The molecule has 0 fully saturated rings. The fraction of sp³-hybridized carbons (Fsp3) is 0.150. The summed E-state index contributed by atoms with van der Waals surface area (Å²) in [7, 11) is 7.46. The molecule has 0 aromatic heterocycles. The van der Waals surface area contributed by atoms with Crippen molar-refractivity contribution in [2.45, 2.75) is 14.3 Å². The van der Waals surface area contributed by atoms with Gasteiger partial charge in [0.15, 0.2) is 0 Å². The van der Waals surface area contributed by atoms with Gasteiger partial charge in [0.05, 0.1) is 0 Å². The molecule has 2 aromatic rings. The molecular formula is C20H18ClHf. The van der Waals surface area contributed by atoms with Crippen LogP contribution < -0.4 is 0 Å². The van der Waals surface area contributed by atoms with E-state index < -0.39 is 18.3 Å². The molecule has 0 saturated carbocycles. The number of hydrogen-bond acceptors (Lipinski definition) is 0. The molecule has 0 amide bonds. The molecule has 109 valence electrons. The summed E-state index contributed by atoms with van der Waals surface area (Å²) in [6.45, 7) is 2.18. The second kappa shape index (κ2) is 5.54. The first-order chi connectivity index (χ1) is 10.7. The number of fused-ring (bicyclic) bond motifs is 2. The molecule has 0 bridgehead atoms. The molecule has 0 spiro atoms. The molecular weight excluding hydrogens is 454 g/mol. The summed E-state index contributed by atoms with van der Waals surface area (Å²) in [6.07, 6.45) is 9.22. The second-order valence-electron chi connectivity index (χ2n) is 6.05. The Hall–Kier alpha value is -1.05. The van der Waals surface area contributed by atoms with Crippen molar-refractivity contribution in [1.29, 1.82) is 0 Å². The van der Waals surface area contributed by atoms with Crippen LogP contribution in [0.1, 0.15) is 36.5 Å². The molecule has 2 aliphatic carbocycles. The Bertz CT molecular complexity index is 779. The van der Waals surface area contributed by atoms with Gasteiger partial charge in [0.2, 0.25) is 0 Å². The molecule has 0 N–H and O–H groups in total. The van der Waals surface area contributed by atoms with E-state index in [4.69, 9.17) is 8.58 Å². The van der Waals surface area contributed by atoms with E-state index in [0.717, 1.165) is 0 Å². The Morgan fingerprint density at radius 3 is 1.73 bits per heavy atom. The van der Waals surface area contributed by atoms with E-state index in [1.54, 1.807) is 0 Å². The topological polar surface area (TPSA) is 0 Å². The Labute approximate surface area is 139 Å². The van der Waals surface area contributed by atoms with Crippen molar-refractivity contribution in [3.8, 4) is 0 Å². The fourth-order valence-electron chi connectivity index (χ4n) is 3.82. The first-order valence-electron chi connectivity index (χ1n) is 7.78. The quantitative estimate of drug-likeness (QED) is 0.496. The van der Waals surface area contributed by atoms with Gasteiger partial charge in [-0.1, -0.05) is 0 Å². The molecule has 0 aliphatic heterocycles. The molecule has 4 rings (SSSR count). The summed E-state index contributed by atoms with van der Waals surface area (Å²) in [5, 5.41) is 0. The molecule has 2 aliphatic rings. The summed E-state index contributed by atoms with van der Waals surface area (Å²) < 4.78 is 3.25. The SMILES string of the molecule is C[CH]=[Hf]([Cl])([CH]1C=Cc2ccccc21)[CH]1C=Cc2ccccc21. The van der Waals surface area contributed by atoms with Crippen LogP contribution in [0.2, 0.25) is 0 Å². The van der Waals surface area contributed by atoms with Gasteiger partial charge in [0.25, 0.3) is 0 Å². The average molecular weight is 472 g/mol. The third-order valence-corrected chi connectivity index (χ3v) is 24.3. The van der Waals surface area contributed by atoms with E-state index in [-0.39, 0.29) is 0 Å². The van der Waals surface area contributed by atoms with E-state index in [0.29, 0.717) is 7.35 Å². The Kier molecular flexibility index (Phi) is 3.66. The van der Waals surface area contributed by atoms with E-state index in [1.165, 1.54) is 22.3 Å². The van der Waals surface area contributed by atoms with Crippen LogP contribution in [0.5, 0.6) is 0 Å². The van der Waals surface area contributed by atoms with Crippen LogP contribution in [-0.4, -0.2) is 3.76 Å². The first kappa shape index (κ1) is 14.5. The predicted octanol–water partition coefficient (Wildman–Crippen LogP) is 5.65. The average Bonchev–Trinajstić information content (AvgIpc) is 3.19. The summed E-state index contributed by atoms with van der Waals surface area (Å²) in [6, 6.07) is 17.4. The Morgan fingerprint density at radius 1 is 0.818 bits per heavy atom. The van der Waals surface area contributed by atoms with Crippen molar-refractivity contribution in [2.75, 3.05) is 0 Å². The first-order valence-corrected chi connectivity index (χ1v) is 18.4. The zero-order chi connectivity index (χ0) is 15.2. The van der Waals surface area contributed by atoms with Gasteiger partial charge in [-0.25, -0.2) is 0 Å². The van der Waals surface area contributed by atoms with Crippen molar-refractivity contribution in [2.24, 2.45) is 0 Å². The molecule has 2 unspecified atom stereocenters. The molecule has 0 radical (unpaired) electrons. The number of rotatable bonds is 2. The van der Waals surface area contributed by atoms with Gasteiger partial charge in [-0.3, -0.25) is 0 Å². The minimum atomic E-state index is -3.23. The van der Waals surface area contributed by atoms with Crippen LogP contribution in [0, 0.1) is 0 Å². The maximum atomic E-state index is 7.46. The summed E-state index contributed by atoms with van der Waals surface area (Å²) in [5.41, 5.74) is 5.54. The third-order valence-electron chi connectivity index (χ3n) is 4.99. The van der Waals surface area contributed by atoms with Gasteiger partial charge in [0.1, 0.15) is 0 Å². The Morgan fingerprint density at radius 2 is 1.27 bits per heavy atom. The van der Waals surface area contributed by atoms with E-state index in [2.05, 4.69) is 83.5 Å². The van der Waals surface area contributed by atoms with Crippen molar-refractivity contribution in [3.05, 3.63) is 82.9 Å². The second-order valence-corrected chi connectivity index (χ2v) is 23.9. The van der Waals surface area contributed by atoms with E-state index in [9.17, 15) is 0 Å². The van der Waals surface area contributed by atoms with Crippen LogP contribution >= 0.6 is 8.58 Å². The van der Waals surface area contributed by atoms with Crippen molar-refractivity contribution in [3.63, 3.8) is 0 Å². The van der Waals surface area contributed by atoms with Gasteiger partial charge in [0, 0.05) is 0 Å². The molecule has 2 heteroatoms. The van der Waals surface area contributed by atoms with Gasteiger partial charge in [-0.15, -0.1) is 0 Å². The van der Waals surface area contributed by atoms with Crippen LogP contribution in [0.25, 0.3) is 12.2 Å². The van der Waals surface area contributed by atoms with Crippen LogP contribution in [0.4, 0.5) is 0 Å². The molecule has 0 nitrogen and oxygen atoms in total. The fourth-order valence-corrected chi connectivity index (χ4v) is 19.0. The van der Waals surface area contributed by atoms with Gasteiger partial charge in [-0.05, 0) is 0 Å². The van der Waals surface area contributed by atoms with E-state index in [1.807, 2.05) is 0 Å². The maximum absolute atomic E-state index is 7.46. The standard InChI is InChI=1S/2C9H7.C2H4.ClH.Hf/c2*1-2-5-9-7-3-6-8(9)4-1;1-2;;/h2*1-7H;1H,2H3;1H;/q;;;;+1/p-1. The Balaban J connectivity index is 1.84. The summed E-state index contributed by atoms with van der Waals surface area (Å²) in [4.78, 5) is 0. The third kappa shape index (κ3) is 2.10. The molecule has 0 saturated heterocycles. The van der Waals surface area contributed by atoms with Gasteiger partial charge < -0.3 is 0 Å². The van der Waals surface area contributed by atoms with Crippen molar-refractivity contribution < 1.29 is 18.3 Å². The predicted molar refractivity (Wildman–Crippen MR) is 94.0 cm³/mol. The number of allylic oxidation sites excluding steroid dienone is 2. The summed E-state index contributed by atoms with van der Waals surface area (Å²) in [5.74, 6) is 0.